The number of hydrogen-bond donors (Lipinski definition) is 1. The summed E-state index contributed by atoms with van der Waals surface area (Å²) in [5.74, 6) is -1.49. The van der Waals surface area contributed by atoms with E-state index < -0.39 is 41.7 Å². The van der Waals surface area contributed by atoms with Crippen molar-refractivity contribution in [3.63, 3.8) is 0 Å². The molecular weight excluding hydrogens is 266 g/mol. The van der Waals surface area contributed by atoms with Crippen LogP contribution in [0.25, 0.3) is 0 Å². The number of likely N-dealkylation sites (tertiary alicyclic amines) is 1. The van der Waals surface area contributed by atoms with Crippen molar-refractivity contribution in [2.45, 2.75) is 25.2 Å². The van der Waals surface area contributed by atoms with Gasteiger partial charge in [-0.05, 0) is 12.1 Å². The van der Waals surface area contributed by atoms with Crippen LogP contribution >= 0.6 is 0 Å². The van der Waals surface area contributed by atoms with E-state index in [0.29, 0.717) is 0 Å². The predicted molar refractivity (Wildman–Crippen MR) is 57.4 cm³/mol. The number of benzene rings is 1. The lowest BCUT2D eigenvalue weighted by Gasteiger charge is -2.19. The highest BCUT2D eigenvalue weighted by molar-refractivity contribution is 5.79. The summed E-state index contributed by atoms with van der Waals surface area (Å²) in [4.78, 5) is 12.4. The minimum absolute atomic E-state index is 0.0789. The second-order valence-corrected chi connectivity index (χ2v) is 4.40. The molecule has 1 aromatic rings. The fraction of sp³-hybridized carbons (Fsp3) is 0.417. The number of halogens is 4. The van der Waals surface area contributed by atoms with Crippen LogP contribution in [0.3, 0.4) is 0 Å². The number of amides is 1. The standard InChI is InChI=1S/C12H11F4NO2/c13-10-3-1-2-9(12(14,15)16)8(10)6-17-5-7(18)4-11(17)19/h1-3,7,18H,4-6H2. The van der Waals surface area contributed by atoms with Gasteiger partial charge in [0.15, 0.2) is 0 Å². The van der Waals surface area contributed by atoms with Gasteiger partial charge in [-0.15, -0.1) is 0 Å². The third-order valence-corrected chi connectivity index (χ3v) is 2.97. The molecule has 0 aromatic heterocycles. The largest absolute Gasteiger partial charge is 0.416 e. The van der Waals surface area contributed by atoms with Crippen molar-refractivity contribution >= 4 is 5.91 Å². The zero-order valence-corrected chi connectivity index (χ0v) is 9.75. The van der Waals surface area contributed by atoms with Crippen LogP contribution in [0.4, 0.5) is 17.6 Å². The SMILES string of the molecule is O=C1CC(O)CN1Cc1c(F)cccc1C(F)(F)F. The molecule has 1 atom stereocenters. The van der Waals surface area contributed by atoms with Gasteiger partial charge in [0.1, 0.15) is 5.82 Å². The molecule has 1 N–H and O–H groups in total. The van der Waals surface area contributed by atoms with Gasteiger partial charge in [0, 0.05) is 18.7 Å². The number of hydrogen-bond acceptors (Lipinski definition) is 2. The zero-order valence-electron chi connectivity index (χ0n) is 9.75. The zero-order chi connectivity index (χ0) is 14.2. The number of alkyl halides is 3. The molecule has 1 aromatic carbocycles. The number of β-amino-alcohol motifs (C(OH)–C–C–N with tert-alkyl or cyclic N) is 1. The van der Waals surface area contributed by atoms with Gasteiger partial charge in [0.25, 0.3) is 0 Å². The Balaban J connectivity index is 2.32. The molecule has 104 valence electrons. The summed E-state index contributed by atoms with van der Waals surface area (Å²) in [5.41, 5.74) is -1.67. The summed E-state index contributed by atoms with van der Waals surface area (Å²) in [6.07, 6.45) is -5.73. The Morgan fingerprint density at radius 2 is 2.05 bits per heavy atom. The fourth-order valence-electron chi connectivity index (χ4n) is 2.08. The highest BCUT2D eigenvalue weighted by Gasteiger charge is 2.36. The second-order valence-electron chi connectivity index (χ2n) is 4.40. The minimum atomic E-state index is -4.68. The molecule has 0 aliphatic carbocycles. The topological polar surface area (TPSA) is 40.5 Å². The summed E-state index contributed by atoms with van der Waals surface area (Å²) in [5, 5.41) is 9.27. The van der Waals surface area contributed by atoms with Crippen LogP contribution in [0.2, 0.25) is 0 Å². The van der Waals surface area contributed by atoms with E-state index in [0.717, 1.165) is 23.1 Å². The summed E-state index contributed by atoms with van der Waals surface area (Å²) in [7, 11) is 0. The first-order chi connectivity index (χ1) is 8.79. The van der Waals surface area contributed by atoms with Crippen molar-refractivity contribution < 1.29 is 27.5 Å². The molecule has 1 fully saturated rings. The maximum atomic E-state index is 13.6. The third kappa shape index (κ3) is 2.86. The van der Waals surface area contributed by atoms with E-state index in [2.05, 4.69) is 0 Å². The molecule has 0 saturated carbocycles. The molecular formula is C12H11F4NO2. The molecule has 0 radical (unpaired) electrons. The lowest BCUT2D eigenvalue weighted by Crippen LogP contribution is -2.27. The normalized spacial score (nSPS) is 20.2. The molecule has 0 bridgehead atoms. The van der Waals surface area contributed by atoms with Crippen molar-refractivity contribution in [2.24, 2.45) is 0 Å². The smallest absolute Gasteiger partial charge is 0.391 e. The molecule has 1 saturated heterocycles. The number of nitrogens with zero attached hydrogens (tertiary/aromatic N) is 1. The summed E-state index contributed by atoms with van der Waals surface area (Å²) < 4.78 is 51.8. The van der Waals surface area contributed by atoms with Crippen LogP contribution in [-0.4, -0.2) is 28.6 Å². The van der Waals surface area contributed by atoms with Crippen LogP contribution < -0.4 is 0 Å². The third-order valence-electron chi connectivity index (χ3n) is 2.97. The second kappa shape index (κ2) is 4.80. The molecule has 3 nitrogen and oxygen atoms in total. The quantitative estimate of drug-likeness (QED) is 0.839. The predicted octanol–water partition coefficient (Wildman–Crippen LogP) is 1.94. The maximum absolute atomic E-state index is 13.6. The van der Waals surface area contributed by atoms with Gasteiger partial charge in [-0.3, -0.25) is 4.79 Å². The van der Waals surface area contributed by atoms with E-state index in [9.17, 15) is 27.5 Å². The van der Waals surface area contributed by atoms with Gasteiger partial charge < -0.3 is 10.0 Å². The average molecular weight is 277 g/mol. The lowest BCUT2D eigenvalue weighted by molar-refractivity contribution is -0.139. The Labute approximate surface area is 106 Å². The van der Waals surface area contributed by atoms with Gasteiger partial charge in [-0.25, -0.2) is 4.39 Å². The Bertz CT molecular complexity index is 501. The number of rotatable bonds is 2. The van der Waals surface area contributed by atoms with Gasteiger partial charge in [-0.1, -0.05) is 6.07 Å². The van der Waals surface area contributed by atoms with Crippen molar-refractivity contribution in [1.82, 2.24) is 4.90 Å². The van der Waals surface area contributed by atoms with Crippen LogP contribution in [-0.2, 0) is 17.5 Å². The molecule has 1 amide bonds. The summed E-state index contributed by atoms with van der Waals surface area (Å²) in [6.45, 7) is -0.568. The van der Waals surface area contributed by atoms with Crippen LogP contribution in [0, 0.1) is 5.82 Å². The number of aliphatic hydroxyl groups is 1. The van der Waals surface area contributed by atoms with Gasteiger partial charge in [-0.2, -0.15) is 13.2 Å². The van der Waals surface area contributed by atoms with Gasteiger partial charge >= 0.3 is 6.18 Å². The molecule has 1 unspecified atom stereocenters. The van der Waals surface area contributed by atoms with Crippen molar-refractivity contribution in [2.75, 3.05) is 6.54 Å². The Hall–Kier alpha value is -1.63. The maximum Gasteiger partial charge on any atom is 0.416 e. The number of carbonyl (C=O) groups excluding carboxylic acids is 1. The Morgan fingerprint density at radius 3 is 2.58 bits per heavy atom. The number of carbonyl (C=O) groups is 1. The van der Waals surface area contributed by atoms with E-state index in [1.54, 1.807) is 0 Å². The first-order valence-corrected chi connectivity index (χ1v) is 5.59. The first kappa shape index (κ1) is 13.8. The van der Waals surface area contributed by atoms with E-state index in [4.69, 9.17) is 0 Å². The highest BCUT2D eigenvalue weighted by Crippen LogP contribution is 2.34. The van der Waals surface area contributed by atoms with Crippen LogP contribution in [0.1, 0.15) is 17.5 Å². The fourth-order valence-corrected chi connectivity index (χ4v) is 2.08. The monoisotopic (exact) mass is 277 g/mol. The van der Waals surface area contributed by atoms with E-state index in [1.807, 2.05) is 0 Å². The molecule has 19 heavy (non-hydrogen) atoms. The van der Waals surface area contributed by atoms with Crippen LogP contribution in [0.5, 0.6) is 0 Å². The molecule has 0 spiro atoms. The molecule has 1 aliphatic rings. The van der Waals surface area contributed by atoms with Gasteiger partial charge in [0.05, 0.1) is 18.1 Å². The Kier molecular flexibility index (Phi) is 3.49. The summed E-state index contributed by atoms with van der Waals surface area (Å²) >= 11 is 0. The highest BCUT2D eigenvalue weighted by atomic mass is 19.4. The first-order valence-electron chi connectivity index (χ1n) is 5.59. The molecule has 2 rings (SSSR count). The lowest BCUT2D eigenvalue weighted by atomic mass is 10.1. The van der Waals surface area contributed by atoms with E-state index >= 15 is 0 Å². The molecule has 1 aliphatic heterocycles. The average Bonchev–Trinajstić information content (AvgIpc) is 2.59. The molecule has 1 heterocycles. The summed E-state index contributed by atoms with van der Waals surface area (Å²) in [6, 6.07) is 2.67. The van der Waals surface area contributed by atoms with Crippen molar-refractivity contribution in [1.29, 1.82) is 0 Å². The van der Waals surface area contributed by atoms with Crippen LogP contribution in [0.15, 0.2) is 18.2 Å². The van der Waals surface area contributed by atoms with Crippen molar-refractivity contribution in [3.05, 3.63) is 35.1 Å². The van der Waals surface area contributed by atoms with E-state index in [-0.39, 0.29) is 13.0 Å². The Morgan fingerprint density at radius 1 is 1.37 bits per heavy atom. The van der Waals surface area contributed by atoms with Gasteiger partial charge in [0.2, 0.25) is 5.91 Å². The van der Waals surface area contributed by atoms with E-state index in [1.165, 1.54) is 0 Å². The minimum Gasteiger partial charge on any atom is -0.391 e. The molecule has 7 heteroatoms. The number of aliphatic hydroxyl groups excluding tert-OH is 1. The van der Waals surface area contributed by atoms with Crippen molar-refractivity contribution in [3.8, 4) is 0 Å².